The van der Waals surface area contributed by atoms with E-state index in [1.54, 1.807) is 19.2 Å². The number of aliphatic imine (C=N–C) groups is 1. The molecule has 1 unspecified atom stereocenters. The SMILES string of the molecule is COCc1ccccc1NC(N)=NCC(C)Oc1ccc(F)cc1.I. The Labute approximate surface area is 164 Å². The van der Waals surface area contributed by atoms with E-state index >= 15 is 0 Å². The normalized spacial score (nSPS) is 12.2. The van der Waals surface area contributed by atoms with E-state index < -0.39 is 0 Å². The Morgan fingerprint density at radius 2 is 1.88 bits per heavy atom. The highest BCUT2D eigenvalue weighted by atomic mass is 127. The van der Waals surface area contributed by atoms with Gasteiger partial charge in [-0.15, -0.1) is 24.0 Å². The van der Waals surface area contributed by atoms with Crippen LogP contribution in [0.2, 0.25) is 0 Å². The number of nitrogens with zero attached hydrogens (tertiary/aromatic N) is 1. The van der Waals surface area contributed by atoms with Crippen molar-refractivity contribution < 1.29 is 13.9 Å². The fourth-order valence-electron chi connectivity index (χ4n) is 2.11. The molecule has 3 N–H and O–H groups in total. The van der Waals surface area contributed by atoms with Gasteiger partial charge in [-0.3, -0.25) is 0 Å². The number of benzene rings is 2. The van der Waals surface area contributed by atoms with Crippen molar-refractivity contribution >= 4 is 35.6 Å². The molecule has 2 aromatic carbocycles. The van der Waals surface area contributed by atoms with Gasteiger partial charge in [0, 0.05) is 18.4 Å². The molecule has 0 bridgehead atoms. The van der Waals surface area contributed by atoms with Crippen molar-refractivity contribution in [3.8, 4) is 5.75 Å². The predicted molar refractivity (Wildman–Crippen MR) is 109 cm³/mol. The van der Waals surface area contributed by atoms with E-state index in [2.05, 4.69) is 10.3 Å². The van der Waals surface area contributed by atoms with Crippen molar-refractivity contribution in [3.63, 3.8) is 0 Å². The van der Waals surface area contributed by atoms with Crippen molar-refractivity contribution in [1.29, 1.82) is 0 Å². The van der Waals surface area contributed by atoms with Gasteiger partial charge in [0.05, 0.1) is 13.2 Å². The highest BCUT2D eigenvalue weighted by Gasteiger charge is 2.06. The number of guanidine groups is 1. The fraction of sp³-hybridized carbons (Fsp3) is 0.278. The number of methoxy groups -OCH3 is 1. The molecule has 25 heavy (non-hydrogen) atoms. The molecular weight excluding hydrogens is 436 g/mol. The average molecular weight is 459 g/mol. The summed E-state index contributed by atoms with van der Waals surface area (Å²) in [5.41, 5.74) is 7.77. The summed E-state index contributed by atoms with van der Waals surface area (Å²) in [4.78, 5) is 4.28. The Bertz CT molecular complexity index is 680. The Balaban J connectivity index is 0.00000312. The number of nitrogens with two attached hydrogens (primary N) is 1. The molecule has 0 radical (unpaired) electrons. The van der Waals surface area contributed by atoms with Crippen LogP contribution >= 0.6 is 24.0 Å². The maximum atomic E-state index is 12.9. The number of nitrogens with one attached hydrogen (secondary N) is 1. The van der Waals surface area contributed by atoms with Gasteiger partial charge in [-0.1, -0.05) is 18.2 Å². The molecule has 0 aliphatic carbocycles. The topological polar surface area (TPSA) is 68.9 Å². The minimum absolute atomic E-state index is 0. The largest absolute Gasteiger partial charge is 0.489 e. The van der Waals surface area contributed by atoms with Crippen LogP contribution < -0.4 is 15.8 Å². The van der Waals surface area contributed by atoms with Gasteiger partial charge in [-0.05, 0) is 37.3 Å². The van der Waals surface area contributed by atoms with Crippen molar-refractivity contribution in [2.24, 2.45) is 10.7 Å². The van der Waals surface area contributed by atoms with Crippen LogP contribution in [0.25, 0.3) is 0 Å². The van der Waals surface area contributed by atoms with Crippen LogP contribution in [-0.2, 0) is 11.3 Å². The van der Waals surface area contributed by atoms with Crippen LogP contribution in [0.1, 0.15) is 12.5 Å². The lowest BCUT2D eigenvalue weighted by Crippen LogP contribution is -2.26. The average Bonchev–Trinajstić information content (AvgIpc) is 2.57. The number of ether oxygens (including phenoxy) is 2. The summed E-state index contributed by atoms with van der Waals surface area (Å²) in [5.74, 6) is 0.598. The quantitative estimate of drug-likeness (QED) is 0.376. The molecule has 7 heteroatoms. The molecule has 1 atom stereocenters. The maximum absolute atomic E-state index is 12.9. The van der Waals surface area contributed by atoms with Gasteiger partial charge in [-0.2, -0.15) is 0 Å². The lowest BCUT2D eigenvalue weighted by Gasteiger charge is -2.14. The first kappa shape index (κ1) is 21.2. The molecule has 5 nitrogen and oxygen atoms in total. The highest BCUT2D eigenvalue weighted by Crippen LogP contribution is 2.16. The lowest BCUT2D eigenvalue weighted by molar-refractivity contribution is 0.185. The Morgan fingerprint density at radius 1 is 1.20 bits per heavy atom. The molecular formula is C18H23FIN3O2. The first-order chi connectivity index (χ1) is 11.6. The van der Waals surface area contributed by atoms with Crippen LogP contribution in [-0.4, -0.2) is 25.7 Å². The summed E-state index contributed by atoms with van der Waals surface area (Å²) in [6, 6.07) is 13.6. The van der Waals surface area contributed by atoms with E-state index in [4.69, 9.17) is 15.2 Å². The monoisotopic (exact) mass is 459 g/mol. The molecule has 136 valence electrons. The van der Waals surface area contributed by atoms with Gasteiger partial charge in [0.2, 0.25) is 0 Å². The zero-order chi connectivity index (χ0) is 17.4. The van der Waals surface area contributed by atoms with Crippen LogP contribution in [0.15, 0.2) is 53.5 Å². The zero-order valence-electron chi connectivity index (χ0n) is 14.2. The minimum Gasteiger partial charge on any atom is -0.489 e. The molecule has 2 aromatic rings. The number of halogens is 2. The number of anilines is 1. The Morgan fingerprint density at radius 3 is 2.56 bits per heavy atom. The van der Waals surface area contributed by atoms with Crippen LogP contribution in [0, 0.1) is 5.82 Å². The third kappa shape index (κ3) is 7.27. The van der Waals surface area contributed by atoms with E-state index in [1.807, 2.05) is 31.2 Å². The molecule has 2 rings (SSSR count). The van der Waals surface area contributed by atoms with E-state index in [9.17, 15) is 4.39 Å². The molecule has 0 aliphatic rings. The summed E-state index contributed by atoms with van der Waals surface area (Å²) in [7, 11) is 1.64. The molecule has 0 saturated heterocycles. The summed E-state index contributed by atoms with van der Waals surface area (Å²) in [5, 5.41) is 3.06. The van der Waals surface area contributed by atoms with Gasteiger partial charge in [-0.25, -0.2) is 9.38 Å². The molecule has 0 aliphatic heterocycles. The fourth-order valence-corrected chi connectivity index (χ4v) is 2.11. The molecule has 0 aromatic heterocycles. The number of para-hydroxylation sites is 1. The van der Waals surface area contributed by atoms with E-state index in [1.165, 1.54) is 12.1 Å². The number of hydrogen-bond donors (Lipinski definition) is 2. The van der Waals surface area contributed by atoms with Crippen molar-refractivity contribution in [3.05, 3.63) is 59.9 Å². The minimum atomic E-state index is -0.295. The molecule has 0 spiro atoms. The van der Waals surface area contributed by atoms with Crippen molar-refractivity contribution in [1.82, 2.24) is 0 Å². The van der Waals surface area contributed by atoms with Crippen LogP contribution in [0.3, 0.4) is 0 Å². The highest BCUT2D eigenvalue weighted by molar-refractivity contribution is 14.0. The molecule has 0 amide bonds. The summed E-state index contributed by atoms with van der Waals surface area (Å²) in [6.45, 7) is 2.74. The molecule has 0 saturated carbocycles. The number of hydrogen-bond acceptors (Lipinski definition) is 3. The number of rotatable bonds is 7. The van der Waals surface area contributed by atoms with E-state index in [0.717, 1.165) is 11.3 Å². The van der Waals surface area contributed by atoms with Gasteiger partial charge in [0.25, 0.3) is 0 Å². The second-order valence-corrected chi connectivity index (χ2v) is 5.32. The lowest BCUT2D eigenvalue weighted by atomic mass is 10.2. The van der Waals surface area contributed by atoms with Gasteiger partial charge < -0.3 is 20.5 Å². The van der Waals surface area contributed by atoms with E-state index in [0.29, 0.717) is 24.9 Å². The third-order valence-electron chi connectivity index (χ3n) is 3.25. The van der Waals surface area contributed by atoms with Crippen LogP contribution in [0.5, 0.6) is 5.75 Å². The van der Waals surface area contributed by atoms with Crippen LogP contribution in [0.4, 0.5) is 10.1 Å². The Kier molecular flexibility index (Phi) is 9.22. The predicted octanol–water partition coefficient (Wildman–Crippen LogP) is 3.78. The molecule has 0 fully saturated rings. The smallest absolute Gasteiger partial charge is 0.193 e. The van der Waals surface area contributed by atoms with Gasteiger partial charge in [0.1, 0.15) is 17.7 Å². The maximum Gasteiger partial charge on any atom is 0.193 e. The first-order valence-electron chi connectivity index (χ1n) is 7.64. The Hall–Kier alpha value is -1.87. The second-order valence-electron chi connectivity index (χ2n) is 5.32. The van der Waals surface area contributed by atoms with Crippen molar-refractivity contribution in [2.45, 2.75) is 19.6 Å². The van der Waals surface area contributed by atoms with Crippen molar-refractivity contribution in [2.75, 3.05) is 19.0 Å². The first-order valence-corrected chi connectivity index (χ1v) is 7.64. The second kappa shape index (κ2) is 10.9. The summed E-state index contributed by atoms with van der Waals surface area (Å²) >= 11 is 0. The summed E-state index contributed by atoms with van der Waals surface area (Å²) < 4.78 is 23.7. The third-order valence-corrected chi connectivity index (χ3v) is 3.25. The van der Waals surface area contributed by atoms with Gasteiger partial charge in [0.15, 0.2) is 5.96 Å². The van der Waals surface area contributed by atoms with Gasteiger partial charge >= 0.3 is 0 Å². The summed E-state index contributed by atoms with van der Waals surface area (Å²) in [6.07, 6.45) is -0.190. The molecule has 0 heterocycles. The van der Waals surface area contributed by atoms with E-state index in [-0.39, 0.29) is 35.9 Å². The standard InChI is InChI=1S/C18H22FN3O2.HI/c1-13(24-16-9-7-15(19)8-10-16)11-21-18(20)22-17-6-4-3-5-14(17)12-23-2;/h3-10,13H,11-12H2,1-2H3,(H3,20,21,22);1H. The zero-order valence-corrected chi connectivity index (χ0v) is 16.6.